The highest BCUT2D eigenvalue weighted by Gasteiger charge is 1.93. The summed E-state index contributed by atoms with van der Waals surface area (Å²) in [7, 11) is 0. The summed E-state index contributed by atoms with van der Waals surface area (Å²) in [5.41, 5.74) is 0. The first-order chi connectivity index (χ1) is 3.31. The van der Waals surface area contributed by atoms with Crippen molar-refractivity contribution in [3.05, 3.63) is 5.92 Å². The van der Waals surface area contributed by atoms with Crippen LogP contribution in [0, 0.1) is 5.92 Å². The minimum absolute atomic E-state index is 0.635. The lowest BCUT2D eigenvalue weighted by molar-refractivity contribution is -0.107. The standard InChI is InChI=1S/C6H11O/c1-3-6(2)4-5-7/h5H,3-4H2,1-2H3. The molecule has 0 N–H and O–H groups in total. The van der Waals surface area contributed by atoms with Crippen LogP contribution in [0.25, 0.3) is 0 Å². The maximum atomic E-state index is 9.75. The Morgan fingerprint density at radius 2 is 2.29 bits per heavy atom. The van der Waals surface area contributed by atoms with E-state index in [4.69, 9.17) is 0 Å². The molecule has 0 aromatic carbocycles. The molecule has 1 nitrogen and oxygen atoms in total. The minimum Gasteiger partial charge on any atom is -0.303 e. The van der Waals surface area contributed by atoms with Crippen LogP contribution in [-0.2, 0) is 4.79 Å². The van der Waals surface area contributed by atoms with Crippen LogP contribution in [0.1, 0.15) is 26.7 Å². The fraction of sp³-hybridized carbons (Fsp3) is 0.667. The van der Waals surface area contributed by atoms with Crippen molar-refractivity contribution < 1.29 is 4.79 Å². The van der Waals surface area contributed by atoms with Gasteiger partial charge in [-0.15, -0.1) is 0 Å². The van der Waals surface area contributed by atoms with E-state index in [9.17, 15) is 4.79 Å². The van der Waals surface area contributed by atoms with Crippen LogP contribution < -0.4 is 0 Å². The van der Waals surface area contributed by atoms with Crippen LogP contribution in [0.15, 0.2) is 0 Å². The minimum atomic E-state index is 0.635. The zero-order chi connectivity index (χ0) is 5.70. The molecule has 0 unspecified atom stereocenters. The molecule has 0 spiro atoms. The van der Waals surface area contributed by atoms with Crippen LogP contribution >= 0.6 is 0 Å². The zero-order valence-electron chi connectivity index (χ0n) is 4.90. The highest BCUT2D eigenvalue weighted by atomic mass is 16.1. The fourth-order valence-electron chi connectivity index (χ4n) is 0.287. The molecule has 0 aliphatic rings. The van der Waals surface area contributed by atoms with Gasteiger partial charge >= 0.3 is 0 Å². The fourth-order valence-corrected chi connectivity index (χ4v) is 0.287. The van der Waals surface area contributed by atoms with Gasteiger partial charge in [0.25, 0.3) is 0 Å². The number of hydrogen-bond donors (Lipinski definition) is 0. The van der Waals surface area contributed by atoms with E-state index in [1.54, 1.807) is 0 Å². The molecule has 0 amide bonds. The molecule has 0 fully saturated rings. The van der Waals surface area contributed by atoms with Crippen LogP contribution in [0.4, 0.5) is 0 Å². The van der Waals surface area contributed by atoms with Gasteiger partial charge in [-0.2, -0.15) is 0 Å². The molecule has 0 aromatic heterocycles. The molecule has 0 rings (SSSR count). The second kappa shape index (κ2) is 3.85. The van der Waals surface area contributed by atoms with Gasteiger partial charge in [0, 0.05) is 6.42 Å². The molecule has 7 heavy (non-hydrogen) atoms. The molecule has 0 aliphatic carbocycles. The van der Waals surface area contributed by atoms with Crippen molar-refractivity contribution in [3.8, 4) is 0 Å². The summed E-state index contributed by atoms with van der Waals surface area (Å²) in [6.07, 6.45) is 2.61. The molecule has 0 heterocycles. The van der Waals surface area contributed by atoms with E-state index in [-0.39, 0.29) is 0 Å². The van der Waals surface area contributed by atoms with Gasteiger partial charge in [0.2, 0.25) is 0 Å². The van der Waals surface area contributed by atoms with Crippen LogP contribution in [0.3, 0.4) is 0 Å². The van der Waals surface area contributed by atoms with Crippen molar-refractivity contribution in [2.45, 2.75) is 26.7 Å². The van der Waals surface area contributed by atoms with E-state index in [2.05, 4.69) is 6.92 Å². The maximum Gasteiger partial charge on any atom is 0.120 e. The molecular formula is C6H11O. The second-order valence-corrected chi connectivity index (χ2v) is 1.68. The lowest BCUT2D eigenvalue weighted by Crippen LogP contribution is -1.87. The largest absolute Gasteiger partial charge is 0.303 e. The summed E-state index contributed by atoms with van der Waals surface area (Å²) >= 11 is 0. The van der Waals surface area contributed by atoms with Gasteiger partial charge in [-0.05, 0) is 12.3 Å². The third-order valence-electron chi connectivity index (χ3n) is 1.04. The Balaban J connectivity index is 2.98. The molecular weight excluding hydrogens is 88.1 g/mol. The maximum absolute atomic E-state index is 9.75. The number of rotatable bonds is 3. The van der Waals surface area contributed by atoms with Crippen molar-refractivity contribution in [1.29, 1.82) is 0 Å². The quantitative estimate of drug-likeness (QED) is 0.491. The van der Waals surface area contributed by atoms with E-state index in [1.165, 1.54) is 5.92 Å². The predicted molar refractivity (Wildman–Crippen MR) is 29.9 cm³/mol. The lowest BCUT2D eigenvalue weighted by atomic mass is 10.1. The Morgan fingerprint density at radius 3 is 2.43 bits per heavy atom. The highest BCUT2D eigenvalue weighted by molar-refractivity contribution is 5.52. The summed E-state index contributed by atoms with van der Waals surface area (Å²) in [5.74, 6) is 1.26. The number of hydrogen-bond acceptors (Lipinski definition) is 1. The van der Waals surface area contributed by atoms with Gasteiger partial charge in [-0.3, -0.25) is 0 Å². The third-order valence-corrected chi connectivity index (χ3v) is 1.04. The molecule has 0 atom stereocenters. The molecule has 0 aliphatic heterocycles. The predicted octanol–water partition coefficient (Wildman–Crippen LogP) is 1.58. The van der Waals surface area contributed by atoms with Crippen molar-refractivity contribution in [2.75, 3.05) is 0 Å². The van der Waals surface area contributed by atoms with Gasteiger partial charge in [-0.1, -0.05) is 13.8 Å². The molecule has 0 saturated carbocycles. The molecule has 0 bridgehead atoms. The first-order valence-electron chi connectivity index (χ1n) is 2.56. The van der Waals surface area contributed by atoms with Crippen LogP contribution in [0.5, 0.6) is 0 Å². The Morgan fingerprint density at radius 1 is 1.71 bits per heavy atom. The third kappa shape index (κ3) is 3.50. The average Bonchev–Trinajstić information content (AvgIpc) is 1.68. The van der Waals surface area contributed by atoms with E-state index in [0.717, 1.165) is 12.7 Å². The summed E-state index contributed by atoms with van der Waals surface area (Å²) in [6, 6.07) is 0. The zero-order valence-corrected chi connectivity index (χ0v) is 4.90. The average molecular weight is 99.2 g/mol. The smallest absolute Gasteiger partial charge is 0.120 e. The van der Waals surface area contributed by atoms with Gasteiger partial charge in [0.1, 0.15) is 6.29 Å². The second-order valence-electron chi connectivity index (χ2n) is 1.68. The van der Waals surface area contributed by atoms with Crippen LogP contribution in [0.2, 0.25) is 0 Å². The summed E-state index contributed by atoms with van der Waals surface area (Å²) in [5, 5.41) is 0. The summed E-state index contributed by atoms with van der Waals surface area (Å²) in [4.78, 5) is 9.75. The SMILES string of the molecule is CC[C](C)CC=O. The number of carbonyl (C=O) groups excluding carboxylic acids is 1. The first-order valence-corrected chi connectivity index (χ1v) is 2.56. The summed E-state index contributed by atoms with van der Waals surface area (Å²) in [6.45, 7) is 4.05. The monoisotopic (exact) mass is 99.1 g/mol. The lowest BCUT2D eigenvalue weighted by Gasteiger charge is -1.97. The van der Waals surface area contributed by atoms with Gasteiger partial charge in [0.05, 0.1) is 0 Å². The normalized spacial score (nSPS) is 9.57. The van der Waals surface area contributed by atoms with E-state index >= 15 is 0 Å². The highest BCUT2D eigenvalue weighted by Crippen LogP contribution is 2.04. The van der Waals surface area contributed by atoms with Gasteiger partial charge in [0.15, 0.2) is 0 Å². The van der Waals surface area contributed by atoms with E-state index in [1.807, 2.05) is 6.92 Å². The Labute approximate surface area is 44.7 Å². The molecule has 1 radical (unpaired) electrons. The van der Waals surface area contributed by atoms with Crippen LogP contribution in [-0.4, -0.2) is 6.29 Å². The van der Waals surface area contributed by atoms with Gasteiger partial charge in [-0.25, -0.2) is 0 Å². The number of aldehydes is 1. The van der Waals surface area contributed by atoms with Crippen molar-refractivity contribution in [1.82, 2.24) is 0 Å². The van der Waals surface area contributed by atoms with Crippen molar-refractivity contribution in [2.24, 2.45) is 0 Å². The van der Waals surface area contributed by atoms with Crippen molar-refractivity contribution >= 4 is 6.29 Å². The molecule has 0 saturated heterocycles. The summed E-state index contributed by atoms with van der Waals surface area (Å²) < 4.78 is 0. The first kappa shape index (κ1) is 6.67. The Kier molecular flexibility index (Phi) is 3.67. The Hall–Kier alpha value is -0.330. The number of carbonyl (C=O) groups is 1. The Bertz CT molecular complexity index is 50.1. The van der Waals surface area contributed by atoms with E-state index in [0.29, 0.717) is 6.42 Å². The van der Waals surface area contributed by atoms with Crippen molar-refractivity contribution in [3.63, 3.8) is 0 Å². The molecule has 1 heteroatoms. The molecule has 41 valence electrons. The van der Waals surface area contributed by atoms with E-state index < -0.39 is 0 Å². The topological polar surface area (TPSA) is 17.1 Å². The van der Waals surface area contributed by atoms with Gasteiger partial charge < -0.3 is 4.79 Å². The molecule has 0 aromatic rings.